The molecule has 0 fully saturated rings. The van der Waals surface area contributed by atoms with Crippen LogP contribution in [0.25, 0.3) is 11.3 Å². The summed E-state index contributed by atoms with van der Waals surface area (Å²) in [7, 11) is 0. The molecule has 0 bridgehead atoms. The van der Waals surface area contributed by atoms with Gasteiger partial charge >= 0.3 is 0 Å². The fraction of sp³-hybridized carbons (Fsp3) is 0.364. The van der Waals surface area contributed by atoms with Crippen LogP contribution in [0.15, 0.2) is 17.6 Å². The van der Waals surface area contributed by atoms with Crippen molar-refractivity contribution in [1.82, 2.24) is 9.97 Å². The first-order valence-corrected chi connectivity index (χ1v) is 6.45. The van der Waals surface area contributed by atoms with Gasteiger partial charge in [0.1, 0.15) is 5.82 Å². The number of hydrogen-bond donors (Lipinski definition) is 2. The molecule has 0 aliphatic rings. The smallest absolute Gasteiger partial charge is 0.106 e. The molecule has 0 aliphatic heterocycles. The number of nitrogens with two attached hydrogens (primary N) is 1. The van der Waals surface area contributed by atoms with Gasteiger partial charge in [-0.2, -0.15) is 0 Å². The third kappa shape index (κ3) is 2.84. The predicted octanol–water partition coefficient (Wildman–Crippen LogP) is 3.07. The maximum absolute atomic E-state index is 5.89. The third-order valence-electron chi connectivity index (χ3n) is 2.34. The number of nitrogens with one attached hydrogen (secondary N) is 1. The van der Waals surface area contributed by atoms with Crippen molar-refractivity contribution in [3.8, 4) is 11.3 Å². The number of aryl methyl sites for hydroxylation is 1. The van der Waals surface area contributed by atoms with Gasteiger partial charge in [0.15, 0.2) is 0 Å². The first-order valence-electron chi connectivity index (χ1n) is 5.19. The lowest BCUT2D eigenvalue weighted by atomic mass is 10.2. The minimum Gasteiger partial charge on any atom is -0.342 e. The van der Waals surface area contributed by atoms with Crippen molar-refractivity contribution >= 4 is 22.9 Å². The lowest BCUT2D eigenvalue weighted by molar-refractivity contribution is 0.652. The van der Waals surface area contributed by atoms with Gasteiger partial charge in [-0.1, -0.05) is 11.6 Å². The summed E-state index contributed by atoms with van der Waals surface area (Å²) in [6.07, 6.45) is 3.67. The number of nitrogens with zero attached hydrogens (tertiary/aromatic N) is 1. The average molecular weight is 256 g/mol. The fourth-order valence-corrected chi connectivity index (χ4v) is 2.33. The van der Waals surface area contributed by atoms with Crippen molar-refractivity contribution in [2.45, 2.75) is 25.8 Å². The quantitative estimate of drug-likeness (QED) is 0.882. The van der Waals surface area contributed by atoms with E-state index in [4.69, 9.17) is 17.3 Å². The molecule has 2 aromatic rings. The Balaban J connectivity index is 2.07. The molecule has 1 atom stereocenters. The molecular weight excluding hydrogens is 242 g/mol. The van der Waals surface area contributed by atoms with E-state index in [1.54, 1.807) is 0 Å². The van der Waals surface area contributed by atoms with Gasteiger partial charge in [-0.25, -0.2) is 4.98 Å². The normalized spacial score (nSPS) is 12.9. The first-order chi connectivity index (χ1) is 7.65. The van der Waals surface area contributed by atoms with Gasteiger partial charge in [0.2, 0.25) is 0 Å². The van der Waals surface area contributed by atoms with Gasteiger partial charge in [-0.05, 0) is 19.4 Å². The van der Waals surface area contributed by atoms with Crippen LogP contribution in [0.4, 0.5) is 0 Å². The molecule has 0 spiro atoms. The second kappa shape index (κ2) is 4.99. The van der Waals surface area contributed by atoms with E-state index in [1.165, 1.54) is 11.3 Å². The van der Waals surface area contributed by atoms with Gasteiger partial charge in [0.05, 0.1) is 16.2 Å². The molecular formula is C11H14ClN3S. The zero-order valence-corrected chi connectivity index (χ0v) is 10.6. The number of hydrogen-bond acceptors (Lipinski definition) is 3. The van der Waals surface area contributed by atoms with Crippen LogP contribution in [0.1, 0.15) is 19.2 Å². The van der Waals surface area contributed by atoms with Crippen LogP contribution in [0.3, 0.4) is 0 Å². The lowest BCUT2D eigenvalue weighted by Crippen LogP contribution is -2.15. The Hall–Kier alpha value is -0.840. The molecule has 2 aromatic heterocycles. The zero-order chi connectivity index (χ0) is 11.5. The second-order valence-electron chi connectivity index (χ2n) is 3.90. The van der Waals surface area contributed by atoms with Crippen LogP contribution in [0, 0.1) is 0 Å². The monoisotopic (exact) mass is 255 g/mol. The summed E-state index contributed by atoms with van der Waals surface area (Å²) in [5, 5.41) is 2.02. The van der Waals surface area contributed by atoms with Gasteiger partial charge in [-0.3, -0.25) is 0 Å². The zero-order valence-electron chi connectivity index (χ0n) is 9.03. The average Bonchev–Trinajstić information content (AvgIpc) is 2.83. The van der Waals surface area contributed by atoms with Gasteiger partial charge in [0.25, 0.3) is 0 Å². The Kier molecular flexibility index (Phi) is 3.63. The third-order valence-corrected chi connectivity index (χ3v) is 3.43. The molecule has 2 heterocycles. The molecule has 0 aromatic carbocycles. The maximum Gasteiger partial charge on any atom is 0.106 e. The fourth-order valence-electron chi connectivity index (χ4n) is 1.45. The van der Waals surface area contributed by atoms with Gasteiger partial charge < -0.3 is 10.7 Å². The SMILES string of the molecule is CC(N)CCc1ncc(-c2csc(Cl)c2)[nH]1. The number of halogens is 1. The summed E-state index contributed by atoms with van der Waals surface area (Å²) in [5.74, 6) is 0.981. The number of H-pyrrole nitrogens is 1. The molecule has 0 radical (unpaired) electrons. The van der Waals surface area contributed by atoms with E-state index in [9.17, 15) is 0 Å². The summed E-state index contributed by atoms with van der Waals surface area (Å²) in [5.41, 5.74) is 7.81. The van der Waals surface area contributed by atoms with Crippen molar-refractivity contribution in [1.29, 1.82) is 0 Å². The van der Waals surface area contributed by atoms with Crippen LogP contribution in [0.2, 0.25) is 4.34 Å². The number of aromatic nitrogens is 2. The molecule has 86 valence electrons. The second-order valence-corrected chi connectivity index (χ2v) is 5.44. The van der Waals surface area contributed by atoms with E-state index in [2.05, 4.69) is 9.97 Å². The molecule has 3 nitrogen and oxygen atoms in total. The van der Waals surface area contributed by atoms with Crippen LogP contribution in [0.5, 0.6) is 0 Å². The number of imidazole rings is 1. The minimum absolute atomic E-state index is 0.212. The predicted molar refractivity (Wildman–Crippen MR) is 68.9 cm³/mol. The maximum atomic E-state index is 5.89. The van der Waals surface area contributed by atoms with Crippen molar-refractivity contribution < 1.29 is 0 Å². The van der Waals surface area contributed by atoms with E-state index in [-0.39, 0.29) is 6.04 Å². The summed E-state index contributed by atoms with van der Waals surface area (Å²) >= 11 is 7.41. The highest BCUT2D eigenvalue weighted by molar-refractivity contribution is 7.14. The molecule has 0 amide bonds. The summed E-state index contributed by atoms with van der Waals surface area (Å²) in [6.45, 7) is 2.00. The van der Waals surface area contributed by atoms with E-state index in [1.807, 2.05) is 24.6 Å². The van der Waals surface area contributed by atoms with Crippen LogP contribution >= 0.6 is 22.9 Å². The Bertz CT molecular complexity index is 461. The molecule has 1 unspecified atom stereocenters. The molecule has 16 heavy (non-hydrogen) atoms. The Morgan fingerprint density at radius 1 is 1.62 bits per heavy atom. The molecule has 0 aliphatic carbocycles. The number of thiophene rings is 1. The van der Waals surface area contributed by atoms with E-state index in [0.29, 0.717) is 0 Å². The lowest BCUT2D eigenvalue weighted by Gasteiger charge is -2.01. The highest BCUT2D eigenvalue weighted by atomic mass is 35.5. The highest BCUT2D eigenvalue weighted by Gasteiger charge is 2.06. The number of aromatic amines is 1. The van der Waals surface area contributed by atoms with Crippen LogP contribution in [-0.2, 0) is 6.42 Å². The summed E-state index contributed by atoms with van der Waals surface area (Å²) in [4.78, 5) is 7.60. The molecule has 0 saturated heterocycles. The Morgan fingerprint density at radius 3 is 3.06 bits per heavy atom. The van der Waals surface area contributed by atoms with Gasteiger partial charge in [-0.15, -0.1) is 11.3 Å². The topological polar surface area (TPSA) is 54.7 Å². The summed E-state index contributed by atoms with van der Waals surface area (Å²) in [6, 6.07) is 2.15. The Morgan fingerprint density at radius 2 is 2.44 bits per heavy atom. The largest absolute Gasteiger partial charge is 0.342 e. The van der Waals surface area contributed by atoms with Crippen molar-refractivity contribution in [2.75, 3.05) is 0 Å². The molecule has 0 saturated carbocycles. The minimum atomic E-state index is 0.212. The highest BCUT2D eigenvalue weighted by Crippen LogP contribution is 2.27. The van der Waals surface area contributed by atoms with Crippen LogP contribution < -0.4 is 5.73 Å². The molecule has 5 heteroatoms. The Labute approximate surface area is 104 Å². The van der Waals surface area contributed by atoms with E-state index >= 15 is 0 Å². The standard InChI is InChI=1S/C11H14ClN3S/c1-7(13)2-3-11-14-5-9(15-11)8-4-10(12)16-6-8/h4-7H,2-3,13H2,1H3,(H,14,15). The molecule has 2 rings (SSSR count). The van der Waals surface area contributed by atoms with E-state index in [0.717, 1.165) is 34.3 Å². The summed E-state index contributed by atoms with van der Waals surface area (Å²) < 4.78 is 0.793. The first kappa shape index (κ1) is 11.6. The molecule has 3 N–H and O–H groups in total. The van der Waals surface area contributed by atoms with Crippen molar-refractivity contribution in [2.24, 2.45) is 5.73 Å². The number of rotatable bonds is 4. The van der Waals surface area contributed by atoms with Crippen LogP contribution in [-0.4, -0.2) is 16.0 Å². The van der Waals surface area contributed by atoms with Crippen molar-refractivity contribution in [3.63, 3.8) is 0 Å². The van der Waals surface area contributed by atoms with Gasteiger partial charge in [0, 0.05) is 23.4 Å². The van der Waals surface area contributed by atoms with E-state index < -0.39 is 0 Å². The van der Waals surface area contributed by atoms with Crippen molar-refractivity contribution in [3.05, 3.63) is 27.8 Å².